The number of hydrogen-bond acceptors (Lipinski definition) is 2. The van der Waals surface area contributed by atoms with Crippen LogP contribution in [0.3, 0.4) is 0 Å². The SMILES string of the molecule is Cc1ccc(NC(=S)NC(=O)c2ccc(C)c(I)c2)cc1Cl. The minimum atomic E-state index is -0.242. The molecule has 6 heteroatoms. The van der Waals surface area contributed by atoms with E-state index in [-0.39, 0.29) is 11.0 Å². The van der Waals surface area contributed by atoms with Gasteiger partial charge in [-0.1, -0.05) is 23.7 Å². The summed E-state index contributed by atoms with van der Waals surface area (Å²) >= 11 is 13.4. The molecule has 0 aromatic heterocycles. The van der Waals surface area contributed by atoms with Crippen LogP contribution < -0.4 is 10.6 Å². The van der Waals surface area contributed by atoms with E-state index < -0.39 is 0 Å². The Morgan fingerprint density at radius 1 is 1.14 bits per heavy atom. The minimum absolute atomic E-state index is 0.237. The van der Waals surface area contributed by atoms with Crippen molar-refractivity contribution >= 4 is 63.1 Å². The number of aryl methyl sites for hydroxylation is 2. The monoisotopic (exact) mass is 444 g/mol. The molecule has 0 fully saturated rings. The Hall–Kier alpha value is -1.18. The maximum atomic E-state index is 12.2. The highest BCUT2D eigenvalue weighted by molar-refractivity contribution is 14.1. The van der Waals surface area contributed by atoms with Gasteiger partial charge in [0.15, 0.2) is 5.11 Å². The normalized spacial score (nSPS) is 10.2. The van der Waals surface area contributed by atoms with Crippen LogP contribution in [0.25, 0.3) is 0 Å². The summed E-state index contributed by atoms with van der Waals surface area (Å²) in [7, 11) is 0. The molecular weight excluding hydrogens is 431 g/mol. The second-order valence-corrected chi connectivity index (χ2v) is 6.81. The average molecular weight is 445 g/mol. The topological polar surface area (TPSA) is 41.1 Å². The lowest BCUT2D eigenvalue weighted by atomic mass is 10.1. The van der Waals surface area contributed by atoms with Crippen molar-refractivity contribution in [2.45, 2.75) is 13.8 Å². The van der Waals surface area contributed by atoms with E-state index in [9.17, 15) is 4.79 Å². The fourth-order valence-corrected chi connectivity index (χ4v) is 2.65. The highest BCUT2D eigenvalue weighted by atomic mass is 127. The van der Waals surface area contributed by atoms with Crippen LogP contribution in [0.5, 0.6) is 0 Å². The number of nitrogens with one attached hydrogen (secondary N) is 2. The van der Waals surface area contributed by atoms with Gasteiger partial charge in [-0.05, 0) is 84.0 Å². The highest BCUT2D eigenvalue weighted by Gasteiger charge is 2.09. The van der Waals surface area contributed by atoms with E-state index in [0.717, 1.165) is 20.4 Å². The van der Waals surface area contributed by atoms with E-state index in [4.69, 9.17) is 23.8 Å². The van der Waals surface area contributed by atoms with Gasteiger partial charge in [-0.3, -0.25) is 10.1 Å². The zero-order chi connectivity index (χ0) is 16.3. The van der Waals surface area contributed by atoms with E-state index >= 15 is 0 Å². The fraction of sp³-hybridized carbons (Fsp3) is 0.125. The minimum Gasteiger partial charge on any atom is -0.332 e. The zero-order valence-electron chi connectivity index (χ0n) is 12.0. The molecule has 0 radical (unpaired) electrons. The van der Waals surface area contributed by atoms with Gasteiger partial charge >= 0.3 is 0 Å². The molecule has 0 saturated heterocycles. The lowest BCUT2D eigenvalue weighted by molar-refractivity contribution is 0.0977. The Bertz CT molecular complexity index is 749. The summed E-state index contributed by atoms with van der Waals surface area (Å²) in [5.41, 5.74) is 3.42. The summed E-state index contributed by atoms with van der Waals surface area (Å²) in [6.07, 6.45) is 0. The zero-order valence-corrected chi connectivity index (χ0v) is 15.8. The van der Waals surface area contributed by atoms with Crippen molar-refractivity contribution in [2.24, 2.45) is 0 Å². The molecule has 0 spiro atoms. The van der Waals surface area contributed by atoms with Crippen LogP contribution in [-0.4, -0.2) is 11.0 Å². The Kier molecular flexibility index (Phi) is 5.77. The predicted molar refractivity (Wildman–Crippen MR) is 104 cm³/mol. The van der Waals surface area contributed by atoms with Gasteiger partial charge in [0.1, 0.15) is 0 Å². The number of thiocarbonyl (C=S) groups is 1. The van der Waals surface area contributed by atoms with Crippen LogP contribution in [0.15, 0.2) is 36.4 Å². The Balaban J connectivity index is 2.03. The molecule has 0 atom stereocenters. The smallest absolute Gasteiger partial charge is 0.257 e. The first-order valence-corrected chi connectivity index (χ1v) is 8.38. The summed E-state index contributed by atoms with van der Waals surface area (Å²) in [5, 5.41) is 6.49. The van der Waals surface area contributed by atoms with E-state index in [1.807, 2.05) is 38.1 Å². The summed E-state index contributed by atoms with van der Waals surface area (Å²) in [5.74, 6) is -0.242. The molecule has 3 nitrogen and oxygen atoms in total. The van der Waals surface area contributed by atoms with E-state index in [0.29, 0.717) is 10.6 Å². The molecule has 2 aromatic carbocycles. The van der Waals surface area contributed by atoms with Crippen molar-refractivity contribution in [2.75, 3.05) is 5.32 Å². The molecule has 0 unspecified atom stereocenters. The molecule has 2 N–H and O–H groups in total. The Labute approximate surface area is 153 Å². The molecule has 0 aliphatic heterocycles. The van der Waals surface area contributed by atoms with Gasteiger partial charge in [0, 0.05) is 19.8 Å². The molecule has 2 rings (SSSR count). The standard InChI is InChI=1S/C16H14ClIN2OS/c1-9-4-6-12(8-13(9)17)19-16(22)20-15(21)11-5-3-10(2)14(18)7-11/h3-8H,1-2H3,(H2,19,20,21,22). The van der Waals surface area contributed by atoms with Crippen LogP contribution >= 0.6 is 46.4 Å². The van der Waals surface area contributed by atoms with Crippen LogP contribution in [0.1, 0.15) is 21.5 Å². The third kappa shape index (κ3) is 4.41. The largest absolute Gasteiger partial charge is 0.332 e. The van der Waals surface area contributed by atoms with Gasteiger partial charge in [0.05, 0.1) is 0 Å². The molecule has 0 aliphatic carbocycles. The number of benzene rings is 2. The summed E-state index contributed by atoms with van der Waals surface area (Å²) < 4.78 is 1.04. The number of hydrogen-bond donors (Lipinski definition) is 2. The van der Waals surface area contributed by atoms with Crippen molar-refractivity contribution in [3.05, 3.63) is 61.7 Å². The van der Waals surface area contributed by atoms with Crippen LogP contribution in [0.4, 0.5) is 5.69 Å². The van der Waals surface area contributed by atoms with E-state index in [1.54, 1.807) is 12.1 Å². The molecule has 2 aromatic rings. The lowest BCUT2D eigenvalue weighted by Gasteiger charge is -2.11. The first kappa shape index (κ1) is 17.2. The van der Waals surface area contributed by atoms with Crippen molar-refractivity contribution in [1.82, 2.24) is 5.32 Å². The summed E-state index contributed by atoms with van der Waals surface area (Å²) in [4.78, 5) is 12.2. The Morgan fingerprint density at radius 3 is 2.45 bits per heavy atom. The third-order valence-electron chi connectivity index (χ3n) is 3.09. The first-order chi connectivity index (χ1) is 10.4. The molecule has 114 valence electrons. The molecule has 0 bridgehead atoms. The highest BCUT2D eigenvalue weighted by Crippen LogP contribution is 2.20. The van der Waals surface area contributed by atoms with Crippen LogP contribution in [0, 0.1) is 17.4 Å². The predicted octanol–water partition coefficient (Wildman–Crippen LogP) is 4.69. The van der Waals surface area contributed by atoms with E-state index in [2.05, 4.69) is 33.2 Å². The van der Waals surface area contributed by atoms with Crippen molar-refractivity contribution in [1.29, 1.82) is 0 Å². The van der Waals surface area contributed by atoms with Crippen molar-refractivity contribution < 1.29 is 4.79 Å². The Morgan fingerprint density at radius 2 is 1.82 bits per heavy atom. The molecule has 22 heavy (non-hydrogen) atoms. The number of carbonyl (C=O) groups is 1. The maximum absolute atomic E-state index is 12.2. The number of carbonyl (C=O) groups excluding carboxylic acids is 1. The molecule has 0 saturated carbocycles. The van der Waals surface area contributed by atoms with E-state index in [1.165, 1.54) is 0 Å². The quantitative estimate of drug-likeness (QED) is 0.522. The van der Waals surface area contributed by atoms with Gasteiger partial charge in [-0.25, -0.2) is 0 Å². The number of rotatable bonds is 2. The molecular formula is C16H14ClIN2OS. The van der Waals surface area contributed by atoms with Crippen LogP contribution in [-0.2, 0) is 0 Å². The van der Waals surface area contributed by atoms with Crippen molar-refractivity contribution in [3.8, 4) is 0 Å². The fourth-order valence-electron chi connectivity index (χ4n) is 1.74. The second-order valence-electron chi connectivity index (χ2n) is 4.84. The van der Waals surface area contributed by atoms with Gasteiger partial charge < -0.3 is 5.32 Å². The maximum Gasteiger partial charge on any atom is 0.257 e. The van der Waals surface area contributed by atoms with Crippen LogP contribution in [0.2, 0.25) is 5.02 Å². The molecule has 1 amide bonds. The number of amides is 1. The first-order valence-electron chi connectivity index (χ1n) is 6.51. The van der Waals surface area contributed by atoms with Gasteiger partial charge in [-0.15, -0.1) is 0 Å². The summed E-state index contributed by atoms with van der Waals surface area (Å²) in [6.45, 7) is 3.92. The second kappa shape index (κ2) is 7.39. The van der Waals surface area contributed by atoms with Gasteiger partial charge in [-0.2, -0.15) is 0 Å². The van der Waals surface area contributed by atoms with Crippen molar-refractivity contribution in [3.63, 3.8) is 0 Å². The third-order valence-corrected chi connectivity index (χ3v) is 4.86. The van der Waals surface area contributed by atoms with Gasteiger partial charge in [0.25, 0.3) is 5.91 Å². The molecule has 0 aliphatic rings. The lowest BCUT2D eigenvalue weighted by Crippen LogP contribution is -2.34. The molecule has 0 heterocycles. The average Bonchev–Trinajstić information content (AvgIpc) is 2.45. The summed E-state index contributed by atoms with van der Waals surface area (Å²) in [6, 6.07) is 11.0. The number of anilines is 1. The van der Waals surface area contributed by atoms with Gasteiger partial charge in [0.2, 0.25) is 0 Å². The number of halogens is 2.